The van der Waals surface area contributed by atoms with Crippen LogP contribution < -0.4 is 0 Å². The number of halogens is 1. The Bertz CT molecular complexity index is 782. The molecule has 0 N–H and O–H groups in total. The molecule has 0 bridgehead atoms. The van der Waals surface area contributed by atoms with Crippen LogP contribution in [0.1, 0.15) is 11.5 Å². The summed E-state index contributed by atoms with van der Waals surface area (Å²) in [6.45, 7) is 0. The minimum atomic E-state index is 0.314. The lowest BCUT2D eigenvalue weighted by Gasteiger charge is -1.98. The minimum absolute atomic E-state index is 0.314. The topological polar surface area (TPSA) is 38.9 Å². The summed E-state index contributed by atoms with van der Waals surface area (Å²) >= 11 is 7.97. The van der Waals surface area contributed by atoms with Gasteiger partial charge in [-0.05, 0) is 42.2 Å². The number of aromatic nitrogens is 2. The lowest BCUT2D eigenvalue weighted by atomic mass is 10.2. The number of hydrogen-bond acceptors (Lipinski definition) is 4. The summed E-state index contributed by atoms with van der Waals surface area (Å²) in [6, 6.07) is 17.7. The molecule has 3 rings (SSSR count). The molecule has 0 radical (unpaired) electrons. The van der Waals surface area contributed by atoms with Crippen LogP contribution in [0.2, 0.25) is 0 Å². The standard InChI is InChI=1S/C17H13ClN2OS/c1-22-14-9-7-12(8-10-14)11-15(18)17-20-19-16(21-17)13-5-3-2-4-6-13/h2-11H,1H3. The number of rotatable bonds is 4. The molecule has 22 heavy (non-hydrogen) atoms. The first-order valence-corrected chi connectivity index (χ1v) is 8.27. The molecule has 0 saturated carbocycles. The van der Waals surface area contributed by atoms with Crippen LogP contribution in [0.5, 0.6) is 0 Å². The van der Waals surface area contributed by atoms with E-state index in [-0.39, 0.29) is 0 Å². The van der Waals surface area contributed by atoms with E-state index in [9.17, 15) is 0 Å². The van der Waals surface area contributed by atoms with Gasteiger partial charge in [-0.2, -0.15) is 0 Å². The second-order valence-electron chi connectivity index (χ2n) is 4.54. The van der Waals surface area contributed by atoms with Crippen LogP contribution in [0.3, 0.4) is 0 Å². The van der Waals surface area contributed by atoms with Gasteiger partial charge in [0.05, 0.1) is 0 Å². The van der Waals surface area contributed by atoms with Crippen molar-refractivity contribution in [1.82, 2.24) is 10.2 Å². The highest BCUT2D eigenvalue weighted by atomic mass is 35.5. The summed E-state index contributed by atoms with van der Waals surface area (Å²) in [4.78, 5) is 1.21. The fourth-order valence-electron chi connectivity index (χ4n) is 1.93. The lowest BCUT2D eigenvalue weighted by molar-refractivity contribution is 0.556. The summed E-state index contributed by atoms with van der Waals surface area (Å²) in [5.74, 6) is 0.773. The minimum Gasteiger partial charge on any atom is -0.415 e. The van der Waals surface area contributed by atoms with Crippen LogP contribution >= 0.6 is 23.4 Å². The van der Waals surface area contributed by atoms with E-state index in [2.05, 4.69) is 10.2 Å². The molecule has 0 aliphatic carbocycles. The highest BCUT2D eigenvalue weighted by molar-refractivity contribution is 7.98. The van der Waals surface area contributed by atoms with E-state index in [0.29, 0.717) is 16.8 Å². The molecule has 0 fully saturated rings. The lowest BCUT2D eigenvalue weighted by Crippen LogP contribution is -1.78. The average Bonchev–Trinajstić information content (AvgIpc) is 3.06. The summed E-state index contributed by atoms with van der Waals surface area (Å²) in [7, 11) is 0. The van der Waals surface area contributed by atoms with E-state index in [0.717, 1.165) is 11.1 Å². The Hall–Kier alpha value is -2.04. The van der Waals surface area contributed by atoms with E-state index in [1.54, 1.807) is 11.8 Å². The fraction of sp³-hybridized carbons (Fsp3) is 0.0588. The van der Waals surface area contributed by atoms with E-state index >= 15 is 0 Å². The van der Waals surface area contributed by atoms with Crippen LogP contribution in [0.15, 0.2) is 63.9 Å². The first-order chi connectivity index (χ1) is 10.8. The molecule has 3 aromatic rings. The Kier molecular flexibility index (Phi) is 4.61. The van der Waals surface area contributed by atoms with Gasteiger partial charge in [0.1, 0.15) is 5.03 Å². The summed E-state index contributed by atoms with van der Waals surface area (Å²) in [5, 5.41) is 8.46. The summed E-state index contributed by atoms with van der Waals surface area (Å²) in [6.07, 6.45) is 3.86. The van der Waals surface area contributed by atoms with Crippen LogP contribution in [0.4, 0.5) is 0 Å². The molecule has 0 amide bonds. The number of nitrogens with zero attached hydrogens (tertiary/aromatic N) is 2. The number of benzene rings is 2. The van der Waals surface area contributed by atoms with Crippen molar-refractivity contribution in [3.63, 3.8) is 0 Å². The van der Waals surface area contributed by atoms with Gasteiger partial charge < -0.3 is 4.42 Å². The number of thioether (sulfide) groups is 1. The van der Waals surface area contributed by atoms with Crippen LogP contribution in [-0.4, -0.2) is 16.5 Å². The molecule has 110 valence electrons. The predicted molar refractivity (Wildman–Crippen MR) is 91.7 cm³/mol. The Morgan fingerprint density at radius 2 is 1.77 bits per heavy atom. The van der Waals surface area contributed by atoms with Gasteiger partial charge in [0.15, 0.2) is 0 Å². The third-order valence-electron chi connectivity index (χ3n) is 3.06. The van der Waals surface area contributed by atoms with Crippen molar-refractivity contribution in [2.24, 2.45) is 0 Å². The predicted octanol–water partition coefficient (Wildman–Crippen LogP) is 5.20. The van der Waals surface area contributed by atoms with Crippen LogP contribution in [0.25, 0.3) is 22.6 Å². The molecular formula is C17H13ClN2OS. The van der Waals surface area contributed by atoms with Crippen molar-refractivity contribution >= 4 is 34.5 Å². The van der Waals surface area contributed by atoms with Crippen LogP contribution in [-0.2, 0) is 0 Å². The quantitative estimate of drug-likeness (QED) is 0.617. The molecule has 0 spiro atoms. The van der Waals surface area contributed by atoms with Crippen molar-refractivity contribution in [1.29, 1.82) is 0 Å². The molecule has 0 aliphatic heterocycles. The molecule has 3 nitrogen and oxygen atoms in total. The van der Waals surface area contributed by atoms with Crippen molar-refractivity contribution in [3.8, 4) is 11.5 Å². The molecule has 0 aliphatic rings. The second-order valence-corrected chi connectivity index (χ2v) is 5.83. The smallest absolute Gasteiger partial charge is 0.259 e. The summed E-state index contributed by atoms with van der Waals surface area (Å²) < 4.78 is 5.62. The highest BCUT2D eigenvalue weighted by Crippen LogP contribution is 2.25. The van der Waals surface area contributed by atoms with E-state index in [1.807, 2.05) is 66.9 Å². The highest BCUT2D eigenvalue weighted by Gasteiger charge is 2.10. The first-order valence-electron chi connectivity index (χ1n) is 6.67. The SMILES string of the molecule is CSc1ccc(C=C(Cl)c2nnc(-c3ccccc3)o2)cc1. The van der Waals surface area contributed by atoms with Gasteiger partial charge in [0, 0.05) is 10.5 Å². The van der Waals surface area contributed by atoms with Gasteiger partial charge in [-0.15, -0.1) is 22.0 Å². The normalized spacial score (nSPS) is 11.6. The zero-order chi connectivity index (χ0) is 15.4. The Morgan fingerprint density at radius 1 is 1.05 bits per heavy atom. The molecule has 2 aromatic carbocycles. The Labute approximate surface area is 138 Å². The van der Waals surface area contributed by atoms with Gasteiger partial charge >= 0.3 is 0 Å². The zero-order valence-electron chi connectivity index (χ0n) is 11.9. The van der Waals surface area contributed by atoms with E-state index < -0.39 is 0 Å². The first kappa shape index (κ1) is 14.9. The molecule has 0 atom stereocenters. The fourth-order valence-corrected chi connectivity index (χ4v) is 2.54. The molecular weight excluding hydrogens is 316 g/mol. The summed E-state index contributed by atoms with van der Waals surface area (Å²) in [5.41, 5.74) is 1.86. The average molecular weight is 329 g/mol. The van der Waals surface area contributed by atoms with Gasteiger partial charge in [-0.3, -0.25) is 0 Å². The molecule has 0 saturated heterocycles. The maximum Gasteiger partial charge on any atom is 0.259 e. The van der Waals surface area contributed by atoms with Gasteiger partial charge in [0.2, 0.25) is 5.89 Å². The van der Waals surface area contributed by atoms with Crippen molar-refractivity contribution in [3.05, 3.63) is 66.1 Å². The molecule has 1 aromatic heterocycles. The third kappa shape index (κ3) is 3.40. The van der Waals surface area contributed by atoms with Gasteiger partial charge in [-0.1, -0.05) is 41.9 Å². The monoisotopic (exact) mass is 328 g/mol. The maximum atomic E-state index is 6.27. The van der Waals surface area contributed by atoms with Crippen LogP contribution in [0, 0.1) is 0 Å². The number of hydrogen-bond donors (Lipinski definition) is 0. The Balaban J connectivity index is 1.84. The second kappa shape index (κ2) is 6.81. The van der Waals surface area contributed by atoms with Crippen molar-refractivity contribution < 1.29 is 4.42 Å². The maximum absolute atomic E-state index is 6.27. The Morgan fingerprint density at radius 3 is 2.45 bits per heavy atom. The molecule has 5 heteroatoms. The zero-order valence-corrected chi connectivity index (χ0v) is 13.4. The largest absolute Gasteiger partial charge is 0.415 e. The van der Waals surface area contributed by atoms with E-state index in [4.69, 9.17) is 16.0 Å². The van der Waals surface area contributed by atoms with Gasteiger partial charge in [-0.25, -0.2) is 0 Å². The third-order valence-corrected chi connectivity index (χ3v) is 4.07. The molecule has 1 heterocycles. The van der Waals surface area contributed by atoms with Crippen molar-refractivity contribution in [2.45, 2.75) is 4.90 Å². The van der Waals surface area contributed by atoms with Crippen molar-refractivity contribution in [2.75, 3.05) is 6.26 Å². The van der Waals surface area contributed by atoms with Gasteiger partial charge in [0.25, 0.3) is 5.89 Å². The molecule has 0 unspecified atom stereocenters. The van der Waals surface area contributed by atoms with E-state index in [1.165, 1.54) is 4.90 Å².